The number of hydrogen-bond acceptors (Lipinski definition) is 3. The summed E-state index contributed by atoms with van der Waals surface area (Å²) in [5.41, 5.74) is 14.3. The second-order valence-corrected chi connectivity index (χ2v) is 22.8. The van der Waals surface area contributed by atoms with Crippen LogP contribution in [0.5, 0.6) is 0 Å². The van der Waals surface area contributed by atoms with Crippen LogP contribution in [0.1, 0.15) is 37.5 Å². The molecule has 16 rings (SSSR count). The van der Waals surface area contributed by atoms with Gasteiger partial charge in [0.05, 0.1) is 71.6 Å². The summed E-state index contributed by atoms with van der Waals surface area (Å²) in [6, 6.07) is 85.7. The lowest BCUT2D eigenvalue weighted by Crippen LogP contribution is -2.16. The van der Waals surface area contributed by atoms with Crippen molar-refractivity contribution in [1.82, 2.24) is 18.3 Å². The second kappa shape index (κ2) is 16.7. The molecule has 0 bridgehead atoms. The van der Waals surface area contributed by atoms with Crippen LogP contribution < -0.4 is 0 Å². The highest BCUT2D eigenvalue weighted by Crippen LogP contribution is 2.51. The van der Waals surface area contributed by atoms with Crippen molar-refractivity contribution in [2.45, 2.75) is 26.2 Å². The van der Waals surface area contributed by atoms with Gasteiger partial charge in [0, 0.05) is 58.6 Å². The predicted octanol–water partition coefficient (Wildman–Crippen LogP) is 19.2. The molecule has 0 fully saturated rings. The SMILES string of the molecule is CC(C)(C)c1ccccc1-c1ccc2c(c1)c1ccc3c4ccccc4sc3c1n2-c1c(C#N)c(-n2c3ccccc3c3ccccc32)c(-n2c3ccccc3c3ccccc32)c(C#N)c1-n1c2ccccc2c2ccccc21. The van der Waals surface area contributed by atoms with Crippen molar-refractivity contribution in [3.63, 3.8) is 0 Å². The lowest BCUT2D eigenvalue weighted by Gasteiger charge is -2.27. The van der Waals surface area contributed by atoms with Gasteiger partial charge in [0.25, 0.3) is 0 Å². The number of fused-ring (bicyclic) bond motifs is 16. The van der Waals surface area contributed by atoms with Crippen LogP contribution in [0.4, 0.5) is 0 Å². The van der Waals surface area contributed by atoms with Crippen molar-refractivity contribution in [3.05, 3.63) is 241 Å². The van der Waals surface area contributed by atoms with Crippen LogP contribution in [0.25, 0.3) is 141 Å². The van der Waals surface area contributed by atoms with E-state index in [-0.39, 0.29) is 5.41 Å². The first-order chi connectivity index (χ1) is 38.8. The maximum absolute atomic E-state index is 12.9. The summed E-state index contributed by atoms with van der Waals surface area (Å²) in [4.78, 5) is 0. The maximum atomic E-state index is 12.9. The first-order valence-corrected chi connectivity index (χ1v) is 27.6. The Morgan fingerprint density at radius 1 is 0.342 bits per heavy atom. The van der Waals surface area contributed by atoms with Gasteiger partial charge < -0.3 is 18.3 Å². The van der Waals surface area contributed by atoms with Crippen molar-refractivity contribution in [1.29, 1.82) is 10.5 Å². The van der Waals surface area contributed by atoms with E-state index >= 15 is 0 Å². The fraction of sp³-hybridized carbons (Fsp3) is 0.0556. The van der Waals surface area contributed by atoms with Crippen molar-refractivity contribution >= 4 is 119 Å². The Hall–Kier alpha value is -10.2. The van der Waals surface area contributed by atoms with Gasteiger partial charge in [-0.3, -0.25) is 0 Å². The highest BCUT2D eigenvalue weighted by Gasteiger charge is 2.35. The number of benzene rings is 11. The van der Waals surface area contributed by atoms with E-state index in [0.29, 0.717) is 33.9 Å². The average Bonchev–Trinajstić information content (AvgIpc) is 3.68. The van der Waals surface area contributed by atoms with Crippen LogP contribution in [0.3, 0.4) is 0 Å². The number of nitriles is 2. The van der Waals surface area contributed by atoms with Crippen LogP contribution in [0, 0.1) is 22.7 Å². The molecule has 0 aliphatic heterocycles. The van der Waals surface area contributed by atoms with Crippen LogP contribution in [0.2, 0.25) is 0 Å². The van der Waals surface area contributed by atoms with E-state index in [9.17, 15) is 10.5 Å². The number of thiophene rings is 1. The Morgan fingerprint density at radius 2 is 0.709 bits per heavy atom. The molecule has 0 atom stereocenters. The largest absolute Gasteiger partial charge is 0.306 e. The fourth-order valence-electron chi connectivity index (χ4n) is 13.3. The molecule has 0 spiro atoms. The monoisotopic (exact) mass is 1030 g/mol. The summed E-state index contributed by atoms with van der Waals surface area (Å²) in [5, 5.41) is 36.4. The molecule has 0 radical (unpaired) electrons. The predicted molar refractivity (Wildman–Crippen MR) is 330 cm³/mol. The normalized spacial score (nSPS) is 12.2. The van der Waals surface area contributed by atoms with Gasteiger partial charge in [-0.05, 0) is 76.7 Å². The number of rotatable bonds is 5. The third-order valence-corrected chi connectivity index (χ3v) is 17.8. The van der Waals surface area contributed by atoms with Gasteiger partial charge in [-0.1, -0.05) is 191 Å². The highest BCUT2D eigenvalue weighted by molar-refractivity contribution is 7.26. The topological polar surface area (TPSA) is 67.3 Å². The molecule has 0 saturated carbocycles. The van der Waals surface area contributed by atoms with Crippen molar-refractivity contribution < 1.29 is 0 Å². The number of hydrogen-bond donors (Lipinski definition) is 0. The van der Waals surface area contributed by atoms with Gasteiger partial charge in [-0.25, -0.2) is 0 Å². The molecule has 0 unspecified atom stereocenters. The molecule has 6 nitrogen and oxygen atoms in total. The van der Waals surface area contributed by atoms with E-state index in [1.54, 1.807) is 11.3 Å². The van der Waals surface area contributed by atoms with Crippen molar-refractivity contribution in [2.24, 2.45) is 0 Å². The molecule has 5 aromatic heterocycles. The van der Waals surface area contributed by atoms with Crippen LogP contribution in [0.15, 0.2) is 224 Å². The van der Waals surface area contributed by atoms with Gasteiger partial charge in [0.2, 0.25) is 0 Å². The minimum atomic E-state index is -0.114. The molecule has 5 heterocycles. The molecule has 0 aliphatic rings. The third-order valence-electron chi connectivity index (χ3n) is 16.6. The lowest BCUT2D eigenvalue weighted by atomic mass is 9.82. The minimum Gasteiger partial charge on any atom is -0.306 e. The van der Waals surface area contributed by atoms with Crippen molar-refractivity contribution in [3.8, 4) is 46.0 Å². The van der Waals surface area contributed by atoms with E-state index in [1.165, 1.54) is 21.2 Å². The standard InChI is InChI=1S/C72H46N6S/c1-72(2,3)57-28-12-4-20-44(57)43-36-39-64-54(40-43)52-37-38-53-51-27-11-19-35-65(51)79-71(53)70(52)78(64)69-56(42-74)67(76-60-31-15-7-23-47(60)48-24-8-16-32-61(48)76)66(75-58-29-13-5-21-45(58)46-22-6-14-30-59(46)75)55(41-73)68(69)77-62-33-17-9-25-49(62)50-26-10-18-34-63(50)77/h4-40H,1-3H3. The second-order valence-electron chi connectivity index (χ2n) is 21.8. The van der Waals surface area contributed by atoms with Gasteiger partial charge >= 0.3 is 0 Å². The molecule has 16 aromatic rings. The van der Waals surface area contributed by atoms with E-state index in [2.05, 4.69) is 276 Å². The molecule has 0 aliphatic carbocycles. The van der Waals surface area contributed by atoms with Crippen LogP contribution in [-0.2, 0) is 5.41 Å². The van der Waals surface area contributed by atoms with E-state index in [1.807, 2.05) is 0 Å². The van der Waals surface area contributed by atoms with Crippen LogP contribution >= 0.6 is 11.3 Å². The Morgan fingerprint density at radius 3 is 1.15 bits per heavy atom. The Balaban J connectivity index is 1.21. The molecule has 0 N–H and O–H groups in total. The number of para-hydroxylation sites is 6. The molecule has 370 valence electrons. The first-order valence-electron chi connectivity index (χ1n) is 26.8. The molecule has 7 heteroatoms. The average molecular weight is 1030 g/mol. The summed E-state index contributed by atoms with van der Waals surface area (Å²) >= 11 is 1.78. The Bertz CT molecular complexity index is 5240. The smallest absolute Gasteiger partial charge is 0.104 e. The number of nitrogens with zero attached hydrogens (tertiary/aromatic N) is 6. The molecular formula is C72H46N6S. The summed E-state index contributed by atoms with van der Waals surface area (Å²) in [6.07, 6.45) is 0. The Kier molecular flexibility index (Phi) is 9.50. The molecule has 0 saturated heterocycles. The lowest BCUT2D eigenvalue weighted by molar-refractivity contribution is 0.592. The van der Waals surface area contributed by atoms with Crippen LogP contribution in [-0.4, -0.2) is 18.3 Å². The van der Waals surface area contributed by atoms with Gasteiger partial charge in [-0.15, -0.1) is 11.3 Å². The van der Waals surface area contributed by atoms with Crippen molar-refractivity contribution in [2.75, 3.05) is 0 Å². The maximum Gasteiger partial charge on any atom is 0.104 e. The molecule has 79 heavy (non-hydrogen) atoms. The summed E-state index contributed by atoms with van der Waals surface area (Å²) in [7, 11) is 0. The van der Waals surface area contributed by atoms with Gasteiger partial charge in [0.1, 0.15) is 23.3 Å². The fourth-order valence-corrected chi connectivity index (χ4v) is 14.6. The first kappa shape index (κ1) is 45.1. The van der Waals surface area contributed by atoms with E-state index in [4.69, 9.17) is 0 Å². The zero-order chi connectivity index (χ0) is 52.8. The highest BCUT2D eigenvalue weighted by atomic mass is 32.1. The van der Waals surface area contributed by atoms with Gasteiger partial charge in [-0.2, -0.15) is 10.5 Å². The zero-order valence-electron chi connectivity index (χ0n) is 43.5. The summed E-state index contributed by atoms with van der Waals surface area (Å²) in [6.45, 7) is 6.83. The number of aromatic nitrogens is 4. The minimum absolute atomic E-state index is 0.114. The molecular weight excluding hydrogens is 981 g/mol. The molecule has 11 aromatic carbocycles. The summed E-state index contributed by atoms with van der Waals surface area (Å²) < 4.78 is 11.5. The van der Waals surface area contributed by atoms with E-state index < -0.39 is 0 Å². The third kappa shape index (κ3) is 6.19. The van der Waals surface area contributed by atoms with Gasteiger partial charge in [0.15, 0.2) is 0 Å². The quantitative estimate of drug-likeness (QED) is 0.172. The summed E-state index contributed by atoms with van der Waals surface area (Å²) in [5.74, 6) is 0. The Labute approximate surface area is 458 Å². The van der Waals surface area contributed by atoms with E-state index in [0.717, 1.165) is 103 Å². The molecule has 0 amide bonds. The zero-order valence-corrected chi connectivity index (χ0v) is 44.3.